The Kier molecular flexibility index (Phi) is 2.62. The lowest BCUT2D eigenvalue weighted by atomic mass is 10.8. The molecule has 0 aromatic carbocycles. The third kappa shape index (κ3) is 1.87. The van der Waals surface area contributed by atoms with Gasteiger partial charge in [-0.05, 0) is 0 Å². The summed E-state index contributed by atoms with van der Waals surface area (Å²) in [6.45, 7) is -0.483. The lowest BCUT2D eigenvalue weighted by molar-refractivity contribution is -0.116. The van der Waals surface area contributed by atoms with Crippen molar-refractivity contribution in [1.82, 2.24) is 0 Å². The zero-order valence-corrected chi connectivity index (χ0v) is 3.16. The molecule has 0 aromatic rings. The van der Waals surface area contributed by atoms with Gasteiger partial charge in [0.15, 0.2) is 6.29 Å². The highest BCUT2D eigenvalue weighted by atomic mass is 16.4. The zero-order valence-electron chi connectivity index (χ0n) is 3.16. The van der Waals surface area contributed by atoms with Gasteiger partial charge in [0.05, 0.1) is 6.61 Å². The summed E-state index contributed by atoms with van der Waals surface area (Å²) in [5.74, 6) is 0. The number of carbonyl (C=O) groups is 1. The van der Waals surface area contributed by atoms with Crippen molar-refractivity contribution in [2.24, 2.45) is 0 Å². The number of rotatable bonds is 2. The van der Waals surface area contributed by atoms with Gasteiger partial charge in [0, 0.05) is 0 Å². The van der Waals surface area contributed by atoms with Crippen LogP contribution in [0.25, 0.3) is 0 Å². The predicted octanol–water partition coefficient (Wildman–Crippen LogP) is -1.46. The third-order valence-electron chi connectivity index (χ3n) is 0.344. The summed E-state index contributed by atoms with van der Waals surface area (Å²) in [6, 6.07) is 0. The van der Waals surface area contributed by atoms with E-state index in [0.717, 1.165) is 0 Å². The fourth-order valence-corrected chi connectivity index (χ4v) is 0.0430. The molecule has 0 fully saturated rings. The van der Waals surface area contributed by atoms with Gasteiger partial charge in [-0.2, -0.15) is 0 Å². The second kappa shape index (κ2) is 2.81. The lowest BCUT2D eigenvalue weighted by Gasteiger charge is -1.89. The second-order valence-corrected chi connectivity index (χ2v) is 0.886. The Morgan fingerprint density at radius 3 is 2.33 bits per heavy atom. The maximum atomic E-state index is 9.33. The quantitative estimate of drug-likeness (QED) is 0.323. The number of aliphatic hydroxyl groups is 2. The molecule has 6 heavy (non-hydrogen) atoms. The van der Waals surface area contributed by atoms with Crippen molar-refractivity contribution in [2.45, 2.75) is 6.10 Å². The van der Waals surface area contributed by atoms with Crippen LogP contribution in [0, 0.1) is 0 Å². The molecule has 3 nitrogen and oxygen atoms in total. The van der Waals surface area contributed by atoms with Crippen LogP contribution in [0.2, 0.25) is 0 Å². The second-order valence-electron chi connectivity index (χ2n) is 0.886. The van der Waals surface area contributed by atoms with Crippen LogP contribution in [0.1, 0.15) is 0 Å². The van der Waals surface area contributed by atoms with E-state index in [9.17, 15) is 4.79 Å². The van der Waals surface area contributed by atoms with E-state index >= 15 is 0 Å². The van der Waals surface area contributed by atoms with Crippen LogP contribution >= 0.6 is 0 Å². The van der Waals surface area contributed by atoms with Crippen LogP contribution in [-0.4, -0.2) is 29.2 Å². The molecule has 0 aromatic heterocycles. The molecule has 0 aliphatic carbocycles. The van der Waals surface area contributed by atoms with E-state index in [0.29, 0.717) is 0 Å². The minimum Gasteiger partial charge on any atom is -0.393 e. The number of carbonyl (C=O) groups excluding carboxylic acids is 1. The SMILES string of the molecule is O=[13CH]C(O)[13CH2]O. The Hall–Kier alpha value is -0.410. The van der Waals surface area contributed by atoms with Crippen molar-refractivity contribution in [3.63, 3.8) is 0 Å². The molecule has 36 valence electrons. The number of aldehydes is 1. The summed E-state index contributed by atoms with van der Waals surface area (Å²) in [4.78, 5) is 9.33. The van der Waals surface area contributed by atoms with Crippen molar-refractivity contribution in [3.8, 4) is 0 Å². The summed E-state index contributed by atoms with van der Waals surface area (Å²) >= 11 is 0. The molecule has 3 heteroatoms. The average Bonchev–Trinajstić information content (AvgIpc) is 1.65. The van der Waals surface area contributed by atoms with E-state index in [2.05, 4.69) is 0 Å². The van der Waals surface area contributed by atoms with E-state index in [1.165, 1.54) is 0 Å². The molecule has 0 saturated heterocycles. The Morgan fingerprint density at radius 1 is 1.83 bits per heavy atom. The van der Waals surface area contributed by atoms with Gasteiger partial charge in [0.2, 0.25) is 0 Å². The summed E-state index contributed by atoms with van der Waals surface area (Å²) < 4.78 is 0. The molecule has 1 unspecified atom stereocenters. The van der Waals surface area contributed by atoms with Gasteiger partial charge in [-0.1, -0.05) is 0 Å². The average molecular weight is 92.1 g/mol. The first-order chi connectivity index (χ1) is 2.81. The predicted molar refractivity (Wildman–Crippen MR) is 19.2 cm³/mol. The minimum absolute atomic E-state index is 0.278. The molecule has 2 N–H and O–H groups in total. The molecule has 0 heterocycles. The number of hydrogen-bond donors (Lipinski definition) is 2. The van der Waals surface area contributed by atoms with Crippen molar-refractivity contribution in [1.29, 1.82) is 0 Å². The van der Waals surface area contributed by atoms with Crippen LogP contribution in [-0.2, 0) is 4.79 Å². The van der Waals surface area contributed by atoms with E-state index in [1.54, 1.807) is 0 Å². The summed E-state index contributed by atoms with van der Waals surface area (Å²) in [5, 5.41) is 15.9. The Morgan fingerprint density at radius 2 is 2.33 bits per heavy atom. The summed E-state index contributed by atoms with van der Waals surface area (Å²) in [6.07, 6.45) is -0.912. The largest absolute Gasteiger partial charge is 0.393 e. The molecule has 0 bridgehead atoms. The molecule has 0 aliphatic rings. The zero-order chi connectivity index (χ0) is 4.99. The fourth-order valence-electron chi connectivity index (χ4n) is 0.0430. The van der Waals surface area contributed by atoms with E-state index in [-0.39, 0.29) is 6.29 Å². The van der Waals surface area contributed by atoms with Crippen LogP contribution in [0.3, 0.4) is 0 Å². The maximum Gasteiger partial charge on any atom is 0.150 e. The van der Waals surface area contributed by atoms with Crippen molar-refractivity contribution in [3.05, 3.63) is 0 Å². The van der Waals surface area contributed by atoms with Gasteiger partial charge in [-0.15, -0.1) is 0 Å². The first-order valence-corrected chi connectivity index (χ1v) is 1.55. The van der Waals surface area contributed by atoms with E-state index < -0.39 is 12.7 Å². The van der Waals surface area contributed by atoms with Gasteiger partial charge in [0.1, 0.15) is 6.10 Å². The molecule has 0 aliphatic heterocycles. The Balaban J connectivity index is 2.96. The van der Waals surface area contributed by atoms with E-state index in [4.69, 9.17) is 10.2 Å². The summed E-state index contributed by atoms with van der Waals surface area (Å²) in [7, 11) is 0. The first kappa shape index (κ1) is 5.59. The number of aliphatic hydroxyl groups excluding tert-OH is 2. The highest BCUT2D eigenvalue weighted by Gasteiger charge is 1.92. The molecule has 0 radical (unpaired) electrons. The molecule has 0 amide bonds. The van der Waals surface area contributed by atoms with Gasteiger partial charge < -0.3 is 15.0 Å². The Bertz CT molecular complexity index is 43.3. The topological polar surface area (TPSA) is 57.5 Å². The smallest absolute Gasteiger partial charge is 0.150 e. The van der Waals surface area contributed by atoms with Crippen LogP contribution < -0.4 is 0 Å². The first-order valence-electron chi connectivity index (χ1n) is 1.55. The van der Waals surface area contributed by atoms with Gasteiger partial charge in [-0.25, -0.2) is 0 Å². The lowest BCUT2D eigenvalue weighted by Crippen LogP contribution is -2.12. The molecule has 0 spiro atoms. The summed E-state index contributed by atoms with van der Waals surface area (Å²) in [5.41, 5.74) is 0. The van der Waals surface area contributed by atoms with Crippen molar-refractivity contribution in [2.75, 3.05) is 6.61 Å². The van der Waals surface area contributed by atoms with Crippen LogP contribution in [0.4, 0.5) is 0 Å². The number of hydrogen-bond acceptors (Lipinski definition) is 3. The minimum atomic E-state index is -1.19. The molecule has 0 saturated carbocycles. The van der Waals surface area contributed by atoms with Crippen molar-refractivity contribution >= 4 is 6.29 Å². The third-order valence-corrected chi connectivity index (χ3v) is 0.344. The Labute approximate surface area is 35.2 Å². The highest BCUT2D eigenvalue weighted by molar-refractivity contribution is 5.55. The highest BCUT2D eigenvalue weighted by Crippen LogP contribution is 1.66. The van der Waals surface area contributed by atoms with Gasteiger partial charge in [-0.3, -0.25) is 0 Å². The van der Waals surface area contributed by atoms with Crippen LogP contribution in [0.5, 0.6) is 0 Å². The van der Waals surface area contributed by atoms with E-state index in [1.807, 2.05) is 0 Å². The molecule has 0 rings (SSSR count). The normalized spacial score (nSPS) is 13.7. The van der Waals surface area contributed by atoms with Crippen molar-refractivity contribution < 1.29 is 15.0 Å². The van der Waals surface area contributed by atoms with Crippen LogP contribution in [0.15, 0.2) is 0 Å². The maximum absolute atomic E-state index is 9.33. The standard InChI is InChI=1S/C3H6O3/c4-1-3(6)2-5/h1,3,5-6H,2H2/i1+1,2+1. The molecular weight excluding hydrogens is 86.0 g/mol. The van der Waals surface area contributed by atoms with Gasteiger partial charge >= 0.3 is 0 Å². The molecular formula is C3H6O3. The van der Waals surface area contributed by atoms with Gasteiger partial charge in [0.25, 0.3) is 0 Å². The molecule has 1 atom stereocenters. The monoisotopic (exact) mass is 92.0 g/mol. The fraction of sp³-hybridized carbons (Fsp3) is 0.667.